The van der Waals surface area contributed by atoms with Crippen molar-refractivity contribution in [3.8, 4) is 0 Å². The Kier molecular flexibility index (Phi) is 10.3. The van der Waals surface area contributed by atoms with Gasteiger partial charge in [-0.2, -0.15) is 0 Å². The van der Waals surface area contributed by atoms with Crippen molar-refractivity contribution in [1.29, 1.82) is 0 Å². The Hall–Kier alpha value is -0.120. The molecule has 21 heavy (non-hydrogen) atoms. The van der Waals surface area contributed by atoms with Crippen LogP contribution in [0.2, 0.25) is 0 Å². The molecule has 3 nitrogen and oxygen atoms in total. The molecule has 1 fully saturated rings. The first-order valence-corrected chi connectivity index (χ1v) is 9.09. The highest BCUT2D eigenvalue weighted by Crippen LogP contribution is 2.20. The summed E-state index contributed by atoms with van der Waals surface area (Å²) in [5, 5.41) is 3.49. The predicted molar refractivity (Wildman–Crippen MR) is 89.8 cm³/mol. The quantitative estimate of drug-likeness (QED) is 0.549. The van der Waals surface area contributed by atoms with Crippen LogP contribution in [0, 0.1) is 5.92 Å². The lowest BCUT2D eigenvalue weighted by Crippen LogP contribution is -2.30. The minimum atomic E-state index is 0.314. The van der Waals surface area contributed by atoms with Crippen molar-refractivity contribution in [2.24, 2.45) is 5.92 Å². The van der Waals surface area contributed by atoms with Crippen LogP contribution in [0.4, 0.5) is 0 Å². The van der Waals surface area contributed by atoms with E-state index in [-0.39, 0.29) is 0 Å². The van der Waals surface area contributed by atoms with E-state index in [4.69, 9.17) is 9.47 Å². The Bertz CT molecular complexity index is 245. The van der Waals surface area contributed by atoms with Gasteiger partial charge in [0.2, 0.25) is 0 Å². The molecule has 1 N–H and O–H groups in total. The highest BCUT2D eigenvalue weighted by atomic mass is 16.5. The first-order chi connectivity index (χ1) is 10.1. The summed E-state index contributed by atoms with van der Waals surface area (Å²) in [4.78, 5) is 0. The Morgan fingerprint density at radius 3 is 2.57 bits per heavy atom. The van der Waals surface area contributed by atoms with Gasteiger partial charge in [0.1, 0.15) is 0 Å². The average molecular weight is 299 g/mol. The molecule has 1 rings (SSSR count). The van der Waals surface area contributed by atoms with Crippen molar-refractivity contribution in [3.05, 3.63) is 0 Å². The van der Waals surface area contributed by atoms with Gasteiger partial charge in [0, 0.05) is 6.54 Å². The van der Waals surface area contributed by atoms with Crippen LogP contribution in [0.1, 0.15) is 72.6 Å². The Morgan fingerprint density at radius 2 is 1.86 bits per heavy atom. The van der Waals surface area contributed by atoms with E-state index in [1.807, 2.05) is 0 Å². The maximum atomic E-state index is 6.05. The van der Waals surface area contributed by atoms with Crippen LogP contribution < -0.4 is 5.32 Å². The lowest BCUT2D eigenvalue weighted by atomic mass is 10.1. The summed E-state index contributed by atoms with van der Waals surface area (Å²) in [5.41, 5.74) is 0. The number of ether oxygens (including phenoxy) is 2. The second kappa shape index (κ2) is 11.4. The molecule has 126 valence electrons. The van der Waals surface area contributed by atoms with Crippen LogP contribution in [0.3, 0.4) is 0 Å². The first-order valence-electron chi connectivity index (χ1n) is 9.09. The zero-order valence-electron chi connectivity index (χ0n) is 14.7. The smallest absolute Gasteiger partial charge is 0.0814 e. The molecular weight excluding hydrogens is 262 g/mol. The molecule has 0 amide bonds. The fraction of sp³-hybridized carbons (Fsp3) is 1.00. The van der Waals surface area contributed by atoms with E-state index in [1.54, 1.807) is 0 Å². The van der Waals surface area contributed by atoms with E-state index in [0.717, 1.165) is 26.1 Å². The molecule has 1 saturated heterocycles. The maximum absolute atomic E-state index is 6.05. The van der Waals surface area contributed by atoms with Gasteiger partial charge in [-0.1, -0.05) is 46.5 Å². The minimum absolute atomic E-state index is 0.314. The van der Waals surface area contributed by atoms with Gasteiger partial charge >= 0.3 is 0 Å². The van der Waals surface area contributed by atoms with Crippen molar-refractivity contribution in [1.82, 2.24) is 5.32 Å². The van der Waals surface area contributed by atoms with Crippen molar-refractivity contribution in [2.75, 3.05) is 19.7 Å². The third-order valence-corrected chi connectivity index (χ3v) is 4.15. The number of hydrogen-bond donors (Lipinski definition) is 1. The standard InChI is InChI=1S/C18H37NO2/c1-5-6-7-8-9-16(4)20-14-18-11-10-17(21-18)13-19-12-15(2)3/h15-19H,5-14H2,1-4H3. The molecule has 3 unspecified atom stereocenters. The van der Waals surface area contributed by atoms with Crippen LogP contribution in [-0.4, -0.2) is 38.0 Å². The zero-order chi connectivity index (χ0) is 15.5. The second-order valence-corrected chi connectivity index (χ2v) is 7.00. The largest absolute Gasteiger partial charge is 0.376 e. The minimum Gasteiger partial charge on any atom is -0.376 e. The molecule has 0 spiro atoms. The summed E-state index contributed by atoms with van der Waals surface area (Å²) >= 11 is 0. The molecule has 0 radical (unpaired) electrons. The normalized spacial score (nSPS) is 23.9. The van der Waals surface area contributed by atoms with Crippen LogP contribution in [0.15, 0.2) is 0 Å². The molecule has 0 aromatic heterocycles. The third-order valence-electron chi connectivity index (χ3n) is 4.15. The predicted octanol–water partition coefficient (Wildman–Crippen LogP) is 4.16. The summed E-state index contributed by atoms with van der Waals surface area (Å²) in [5.74, 6) is 0.707. The lowest BCUT2D eigenvalue weighted by molar-refractivity contribution is -0.0385. The second-order valence-electron chi connectivity index (χ2n) is 7.00. The number of unbranched alkanes of at least 4 members (excludes halogenated alkanes) is 3. The maximum Gasteiger partial charge on any atom is 0.0814 e. The van der Waals surface area contributed by atoms with Gasteiger partial charge in [0.15, 0.2) is 0 Å². The van der Waals surface area contributed by atoms with Gasteiger partial charge in [-0.25, -0.2) is 0 Å². The number of rotatable bonds is 12. The van der Waals surface area contributed by atoms with Crippen LogP contribution >= 0.6 is 0 Å². The van der Waals surface area contributed by atoms with E-state index in [0.29, 0.717) is 24.2 Å². The van der Waals surface area contributed by atoms with Crippen molar-refractivity contribution in [2.45, 2.75) is 91.0 Å². The number of nitrogens with one attached hydrogen (secondary N) is 1. The van der Waals surface area contributed by atoms with Gasteiger partial charge in [0.25, 0.3) is 0 Å². The van der Waals surface area contributed by atoms with Crippen LogP contribution in [0.5, 0.6) is 0 Å². The van der Waals surface area contributed by atoms with E-state index < -0.39 is 0 Å². The lowest BCUT2D eigenvalue weighted by Gasteiger charge is -2.18. The molecule has 0 aromatic carbocycles. The molecule has 0 aliphatic carbocycles. The molecule has 1 aliphatic rings. The average Bonchev–Trinajstić information content (AvgIpc) is 2.89. The van der Waals surface area contributed by atoms with Gasteiger partial charge in [-0.15, -0.1) is 0 Å². The van der Waals surface area contributed by atoms with Gasteiger partial charge in [-0.05, 0) is 38.6 Å². The molecule has 1 aliphatic heterocycles. The van der Waals surface area contributed by atoms with Crippen molar-refractivity contribution >= 4 is 0 Å². The van der Waals surface area contributed by atoms with E-state index in [9.17, 15) is 0 Å². The van der Waals surface area contributed by atoms with Gasteiger partial charge in [-0.3, -0.25) is 0 Å². The fourth-order valence-electron chi connectivity index (χ4n) is 2.80. The molecular formula is C18H37NO2. The molecule has 0 saturated carbocycles. The molecule has 3 heteroatoms. The summed E-state index contributed by atoms with van der Waals surface area (Å²) in [6.07, 6.45) is 9.87. The first kappa shape index (κ1) is 18.9. The van der Waals surface area contributed by atoms with Gasteiger partial charge in [0.05, 0.1) is 24.9 Å². The number of hydrogen-bond acceptors (Lipinski definition) is 3. The SMILES string of the molecule is CCCCCCC(C)OCC1CCC(CNCC(C)C)O1. The molecule has 0 bridgehead atoms. The summed E-state index contributed by atoms with van der Waals surface area (Å²) < 4.78 is 12.0. The van der Waals surface area contributed by atoms with E-state index >= 15 is 0 Å². The Morgan fingerprint density at radius 1 is 1.10 bits per heavy atom. The summed E-state index contributed by atoms with van der Waals surface area (Å²) in [6.45, 7) is 11.8. The zero-order valence-corrected chi connectivity index (χ0v) is 14.7. The topological polar surface area (TPSA) is 30.5 Å². The van der Waals surface area contributed by atoms with Crippen LogP contribution in [0.25, 0.3) is 0 Å². The fourth-order valence-corrected chi connectivity index (χ4v) is 2.80. The monoisotopic (exact) mass is 299 g/mol. The van der Waals surface area contributed by atoms with E-state index in [1.165, 1.54) is 38.5 Å². The highest BCUT2D eigenvalue weighted by Gasteiger charge is 2.25. The van der Waals surface area contributed by atoms with Gasteiger partial charge < -0.3 is 14.8 Å². The van der Waals surface area contributed by atoms with Crippen LogP contribution in [-0.2, 0) is 9.47 Å². The van der Waals surface area contributed by atoms with Crippen molar-refractivity contribution in [3.63, 3.8) is 0 Å². The van der Waals surface area contributed by atoms with E-state index in [2.05, 4.69) is 33.0 Å². The summed E-state index contributed by atoms with van der Waals surface area (Å²) in [6, 6.07) is 0. The summed E-state index contributed by atoms with van der Waals surface area (Å²) in [7, 11) is 0. The Balaban J connectivity index is 2.01. The third kappa shape index (κ3) is 9.49. The molecule has 3 atom stereocenters. The molecule has 1 heterocycles. The Labute approximate surface area is 132 Å². The molecule has 0 aromatic rings. The van der Waals surface area contributed by atoms with Crippen molar-refractivity contribution < 1.29 is 9.47 Å². The highest BCUT2D eigenvalue weighted by molar-refractivity contribution is 4.75.